The number of ketones is 1. The number of rotatable bonds is 7. The number of benzene rings is 4. The highest BCUT2D eigenvalue weighted by atomic mass is 35.5. The molecule has 1 aliphatic rings. The maximum Gasteiger partial charge on any atom is 0.345 e. The first-order valence-electron chi connectivity index (χ1n) is 12.5. The van der Waals surface area contributed by atoms with Gasteiger partial charge in [-0.05, 0) is 60.7 Å². The first-order valence-corrected chi connectivity index (χ1v) is 15.6. The summed E-state index contributed by atoms with van der Waals surface area (Å²) in [4.78, 5) is 67.2. The number of esters is 1. The van der Waals surface area contributed by atoms with Crippen molar-refractivity contribution in [2.75, 3.05) is 6.54 Å². The van der Waals surface area contributed by atoms with Crippen LogP contribution in [0.2, 0.25) is 40.2 Å². The Labute approximate surface area is 300 Å². The van der Waals surface area contributed by atoms with Crippen LogP contribution in [-0.4, -0.2) is 46.0 Å². The number of carbonyl (C=O) groups is 5. The third-order valence-corrected chi connectivity index (χ3v) is 9.45. The van der Waals surface area contributed by atoms with Gasteiger partial charge in [-0.15, -0.1) is 0 Å². The average molecular weight is 780 g/mol. The number of ether oxygens (including phenoxy) is 1. The first-order chi connectivity index (χ1) is 21.7. The summed E-state index contributed by atoms with van der Waals surface area (Å²) >= 11 is 49.0. The molecule has 0 N–H and O–H groups in total. The van der Waals surface area contributed by atoms with Gasteiger partial charge in [0, 0.05) is 15.6 Å². The maximum absolute atomic E-state index is 13.8. The van der Waals surface area contributed by atoms with Gasteiger partial charge >= 0.3 is 5.97 Å². The van der Waals surface area contributed by atoms with Gasteiger partial charge < -0.3 is 4.74 Å². The Morgan fingerprint density at radius 2 is 1.11 bits per heavy atom. The molecule has 0 unspecified atom stereocenters. The summed E-state index contributed by atoms with van der Waals surface area (Å²) < 4.78 is 5.33. The molecule has 1 aliphatic heterocycles. The summed E-state index contributed by atoms with van der Waals surface area (Å²) in [6.07, 6.45) is 0. The van der Waals surface area contributed by atoms with Crippen molar-refractivity contribution in [1.29, 1.82) is 0 Å². The molecule has 0 bridgehead atoms. The van der Waals surface area contributed by atoms with Gasteiger partial charge in [-0.25, -0.2) is 9.80 Å². The van der Waals surface area contributed by atoms with Crippen molar-refractivity contribution in [2.24, 2.45) is 0 Å². The molecule has 0 aliphatic carbocycles. The predicted octanol–water partition coefficient (Wildman–Crippen LogP) is 9.67. The number of fused-ring (bicyclic) bond motifs is 1. The van der Waals surface area contributed by atoms with E-state index in [4.69, 9.17) is 97.5 Å². The highest BCUT2D eigenvalue weighted by molar-refractivity contribution is 6.55. The zero-order valence-corrected chi connectivity index (χ0v) is 28.4. The molecular formula is C30H12Cl8N2O6. The van der Waals surface area contributed by atoms with Gasteiger partial charge in [-0.3, -0.25) is 19.2 Å². The first kappa shape index (κ1) is 34.3. The Kier molecular flexibility index (Phi) is 10.1. The smallest absolute Gasteiger partial charge is 0.345 e. The van der Waals surface area contributed by atoms with Crippen LogP contribution in [-0.2, 0) is 0 Å². The quantitative estimate of drug-likeness (QED) is 0.0463. The van der Waals surface area contributed by atoms with Crippen LogP contribution in [0.4, 0.5) is 0 Å². The summed E-state index contributed by atoms with van der Waals surface area (Å²) in [6, 6.07) is 13.4. The minimum Gasteiger partial charge on any atom is -0.423 e. The summed E-state index contributed by atoms with van der Waals surface area (Å²) in [5.41, 5.74) is -0.934. The molecule has 0 radical (unpaired) electrons. The summed E-state index contributed by atoms with van der Waals surface area (Å²) in [6.45, 7) is -0.848. The molecule has 16 heteroatoms. The van der Waals surface area contributed by atoms with Crippen molar-refractivity contribution in [3.05, 3.63) is 129 Å². The fraction of sp³-hybridized carbons (Fsp3) is 0.0333. The van der Waals surface area contributed by atoms with E-state index in [0.717, 1.165) is 0 Å². The predicted molar refractivity (Wildman–Crippen MR) is 177 cm³/mol. The van der Waals surface area contributed by atoms with E-state index in [1.165, 1.54) is 60.7 Å². The molecule has 5 rings (SSSR count). The van der Waals surface area contributed by atoms with Crippen molar-refractivity contribution in [2.45, 2.75) is 0 Å². The van der Waals surface area contributed by atoms with Gasteiger partial charge in [0.15, 0.2) is 5.78 Å². The monoisotopic (exact) mass is 776 g/mol. The number of halogens is 8. The molecule has 4 aromatic carbocycles. The number of amides is 3. The van der Waals surface area contributed by atoms with E-state index in [0.29, 0.717) is 15.0 Å². The zero-order chi connectivity index (χ0) is 33.6. The lowest BCUT2D eigenvalue weighted by atomic mass is 10.1. The zero-order valence-electron chi connectivity index (χ0n) is 22.3. The van der Waals surface area contributed by atoms with Crippen LogP contribution in [0.1, 0.15) is 51.8 Å². The molecule has 3 amide bonds. The standard InChI is InChI=1S/C30H12Cl8N2O6/c31-13-3-7-16(18(33)9-13)27(42)39(40-28(43)21-22(29(40)44)24(36)26(38)25(37)23(21)35)11-20(41)12-1-5-15(6-2-12)46-30(45)17-8-4-14(32)10-19(17)34/h1-10H,11H2. The highest BCUT2D eigenvalue weighted by Gasteiger charge is 2.46. The minimum absolute atomic E-state index is 0.0168. The van der Waals surface area contributed by atoms with Crippen LogP contribution in [0.15, 0.2) is 60.7 Å². The van der Waals surface area contributed by atoms with Crippen molar-refractivity contribution in [3.8, 4) is 5.75 Å². The lowest BCUT2D eigenvalue weighted by Gasteiger charge is -2.29. The molecule has 4 aromatic rings. The fourth-order valence-corrected chi connectivity index (χ4v) is 6.33. The van der Waals surface area contributed by atoms with Crippen molar-refractivity contribution in [3.63, 3.8) is 0 Å². The number of hydrazine groups is 1. The van der Waals surface area contributed by atoms with E-state index in [9.17, 15) is 24.0 Å². The highest BCUT2D eigenvalue weighted by Crippen LogP contribution is 2.45. The van der Waals surface area contributed by atoms with Crippen LogP contribution in [0.25, 0.3) is 0 Å². The summed E-state index contributed by atoms with van der Waals surface area (Å²) in [5.74, 6) is -4.66. The second-order valence-electron chi connectivity index (χ2n) is 9.38. The van der Waals surface area contributed by atoms with Crippen LogP contribution < -0.4 is 4.74 Å². The van der Waals surface area contributed by atoms with E-state index in [1.54, 1.807) is 0 Å². The van der Waals surface area contributed by atoms with E-state index in [2.05, 4.69) is 0 Å². The third kappa shape index (κ3) is 6.41. The molecule has 0 fully saturated rings. The van der Waals surface area contributed by atoms with E-state index in [1.807, 2.05) is 0 Å². The van der Waals surface area contributed by atoms with Crippen LogP contribution >= 0.6 is 92.8 Å². The number of hydrogen-bond acceptors (Lipinski definition) is 6. The summed E-state index contributed by atoms with van der Waals surface area (Å²) in [7, 11) is 0. The van der Waals surface area contributed by atoms with Crippen LogP contribution in [0.5, 0.6) is 5.75 Å². The van der Waals surface area contributed by atoms with E-state index >= 15 is 0 Å². The normalized spacial score (nSPS) is 12.3. The topological polar surface area (TPSA) is 101 Å². The van der Waals surface area contributed by atoms with Gasteiger partial charge in [0.05, 0.1) is 52.4 Å². The molecule has 0 atom stereocenters. The number of imide groups is 1. The Morgan fingerprint density at radius 3 is 1.59 bits per heavy atom. The van der Waals surface area contributed by atoms with Gasteiger partial charge in [0.1, 0.15) is 12.3 Å². The van der Waals surface area contributed by atoms with Crippen LogP contribution in [0.3, 0.4) is 0 Å². The van der Waals surface area contributed by atoms with Crippen LogP contribution in [0, 0.1) is 0 Å². The Bertz CT molecular complexity index is 1950. The maximum atomic E-state index is 13.8. The third-order valence-electron chi connectivity index (χ3n) is 6.55. The minimum atomic E-state index is -1.10. The molecule has 0 spiro atoms. The van der Waals surface area contributed by atoms with Gasteiger partial charge in [0.25, 0.3) is 17.7 Å². The second kappa shape index (κ2) is 13.6. The second-order valence-corrected chi connectivity index (χ2v) is 12.6. The number of carbonyl (C=O) groups excluding carboxylic acids is 5. The molecular weight excluding hydrogens is 768 g/mol. The van der Waals surface area contributed by atoms with Gasteiger partial charge in [-0.2, -0.15) is 5.01 Å². The SMILES string of the molecule is O=C(CN(C(=O)c1ccc(Cl)cc1Cl)N1C(=O)c2c(Cl)c(Cl)c(Cl)c(Cl)c2C1=O)c1ccc(OC(=O)c2ccc(Cl)cc2Cl)cc1. The van der Waals surface area contributed by atoms with E-state index < -0.39 is 47.1 Å². The Balaban J connectivity index is 1.47. The molecule has 0 saturated carbocycles. The van der Waals surface area contributed by atoms with Gasteiger partial charge in [-0.1, -0.05) is 92.8 Å². The molecule has 0 aromatic heterocycles. The summed E-state index contributed by atoms with van der Waals surface area (Å²) in [5, 5.41) is 0.158. The molecule has 0 saturated heterocycles. The van der Waals surface area contributed by atoms with Gasteiger partial charge in [0.2, 0.25) is 0 Å². The Hall–Kier alpha value is -3.05. The number of hydrogen-bond donors (Lipinski definition) is 0. The van der Waals surface area contributed by atoms with Crippen molar-refractivity contribution < 1.29 is 28.7 Å². The number of Topliss-reactive ketones (excluding diaryl/α,β-unsaturated/α-hetero) is 1. The fourth-order valence-electron chi connectivity index (χ4n) is 4.35. The molecule has 8 nitrogen and oxygen atoms in total. The lowest BCUT2D eigenvalue weighted by molar-refractivity contribution is 0.00532. The molecule has 1 heterocycles. The van der Waals surface area contributed by atoms with Crippen molar-refractivity contribution in [1.82, 2.24) is 10.0 Å². The molecule has 46 heavy (non-hydrogen) atoms. The molecule has 234 valence electrons. The van der Waals surface area contributed by atoms with Crippen molar-refractivity contribution >= 4 is 122 Å². The Morgan fingerprint density at radius 1 is 0.630 bits per heavy atom. The lowest BCUT2D eigenvalue weighted by Crippen LogP contribution is -2.51. The van der Waals surface area contributed by atoms with E-state index in [-0.39, 0.29) is 57.6 Å². The number of nitrogens with zero attached hydrogens (tertiary/aromatic N) is 2. The average Bonchev–Trinajstić information content (AvgIpc) is 3.27. The largest absolute Gasteiger partial charge is 0.423 e.